The number of methoxy groups -OCH3 is 1. The highest BCUT2D eigenvalue weighted by Crippen LogP contribution is 2.27. The molecule has 2 amide bonds. The van der Waals surface area contributed by atoms with E-state index < -0.39 is 24.4 Å². The van der Waals surface area contributed by atoms with Gasteiger partial charge < -0.3 is 24.5 Å². The zero-order chi connectivity index (χ0) is 21.5. The third kappa shape index (κ3) is 4.84. The molecule has 2 N–H and O–H groups in total. The van der Waals surface area contributed by atoms with Crippen LogP contribution in [0.1, 0.15) is 22.5 Å². The number of esters is 1. The van der Waals surface area contributed by atoms with Crippen molar-refractivity contribution in [2.45, 2.75) is 13.0 Å². The third-order valence-electron chi connectivity index (χ3n) is 4.45. The number of ether oxygens (including phenoxy) is 2. The molecule has 8 nitrogen and oxygen atoms in total. The molecule has 0 unspecified atom stereocenters. The first-order valence-corrected chi connectivity index (χ1v) is 9.31. The van der Waals surface area contributed by atoms with Gasteiger partial charge in [0.1, 0.15) is 5.58 Å². The summed E-state index contributed by atoms with van der Waals surface area (Å²) < 4.78 is 16.0. The molecule has 0 spiro atoms. The van der Waals surface area contributed by atoms with E-state index in [1.165, 1.54) is 12.0 Å². The second kappa shape index (κ2) is 9.71. The van der Waals surface area contributed by atoms with Crippen LogP contribution in [0.5, 0.6) is 0 Å². The summed E-state index contributed by atoms with van der Waals surface area (Å²) in [6.07, 6.45) is -0.0177. The summed E-state index contributed by atoms with van der Waals surface area (Å²) in [5.74, 6) is -1.80. The molecule has 8 heteroatoms. The normalized spacial score (nSPS) is 10.7. The van der Waals surface area contributed by atoms with Crippen LogP contribution in [0.15, 0.2) is 59.0 Å². The van der Waals surface area contributed by atoms with Gasteiger partial charge in [0.15, 0.2) is 6.61 Å². The molecule has 0 saturated carbocycles. The van der Waals surface area contributed by atoms with Gasteiger partial charge in [0.25, 0.3) is 5.91 Å². The Morgan fingerprint density at radius 1 is 1.03 bits per heavy atom. The van der Waals surface area contributed by atoms with Crippen LogP contribution < -0.4 is 10.6 Å². The predicted molar refractivity (Wildman–Crippen MR) is 110 cm³/mol. The topological polar surface area (TPSA) is 112 Å². The van der Waals surface area contributed by atoms with E-state index in [0.717, 1.165) is 5.39 Å². The van der Waals surface area contributed by atoms with Gasteiger partial charge in [-0.2, -0.15) is 0 Å². The van der Waals surface area contributed by atoms with Gasteiger partial charge in [0.05, 0.1) is 6.61 Å². The summed E-state index contributed by atoms with van der Waals surface area (Å²) >= 11 is 0. The molecule has 0 aliphatic carbocycles. The summed E-state index contributed by atoms with van der Waals surface area (Å²) in [6, 6.07) is 15.9. The standard InChI is InChI=1S/C22H22N2O6/c1-28-13-17-16-9-5-6-10-18(16)30-21(17)22(27)29-14-20(26)24(12-11-19(23)25)15-7-3-2-4-8-15/h2-10H,11-14H2,1H3,(H2,23,25). The number of para-hydroxylation sites is 2. The van der Waals surface area contributed by atoms with Crippen molar-refractivity contribution in [2.75, 3.05) is 25.2 Å². The molecule has 3 rings (SSSR count). The Morgan fingerprint density at radius 3 is 2.43 bits per heavy atom. The summed E-state index contributed by atoms with van der Waals surface area (Å²) in [6.45, 7) is -0.282. The Balaban J connectivity index is 1.75. The van der Waals surface area contributed by atoms with Gasteiger partial charge in [-0.1, -0.05) is 36.4 Å². The van der Waals surface area contributed by atoms with Crippen molar-refractivity contribution < 1.29 is 28.3 Å². The third-order valence-corrected chi connectivity index (χ3v) is 4.45. The number of fused-ring (bicyclic) bond motifs is 1. The van der Waals surface area contributed by atoms with Crippen LogP contribution in [0.25, 0.3) is 11.0 Å². The molecule has 0 bridgehead atoms. The average Bonchev–Trinajstić information content (AvgIpc) is 3.12. The lowest BCUT2D eigenvalue weighted by molar-refractivity contribution is -0.122. The van der Waals surface area contributed by atoms with E-state index in [-0.39, 0.29) is 25.3 Å². The number of amides is 2. The molecule has 156 valence electrons. The molecule has 3 aromatic rings. The Bertz CT molecular complexity index is 1040. The number of carbonyl (C=O) groups excluding carboxylic acids is 3. The van der Waals surface area contributed by atoms with Crippen LogP contribution in [-0.4, -0.2) is 38.0 Å². The molecule has 2 aromatic carbocycles. The Morgan fingerprint density at radius 2 is 1.73 bits per heavy atom. The molecule has 0 aliphatic heterocycles. The Labute approximate surface area is 173 Å². The lowest BCUT2D eigenvalue weighted by atomic mass is 10.1. The van der Waals surface area contributed by atoms with E-state index in [9.17, 15) is 14.4 Å². The van der Waals surface area contributed by atoms with Crippen molar-refractivity contribution in [1.29, 1.82) is 0 Å². The maximum Gasteiger partial charge on any atom is 0.375 e. The maximum absolute atomic E-state index is 12.7. The molecular formula is C22H22N2O6. The number of furan rings is 1. The number of rotatable bonds is 9. The quantitative estimate of drug-likeness (QED) is 0.543. The van der Waals surface area contributed by atoms with Gasteiger partial charge in [-0.3, -0.25) is 9.59 Å². The molecule has 0 saturated heterocycles. The van der Waals surface area contributed by atoms with Gasteiger partial charge in [-0.25, -0.2) is 4.79 Å². The summed E-state index contributed by atoms with van der Waals surface area (Å²) in [7, 11) is 1.51. The van der Waals surface area contributed by atoms with Gasteiger partial charge in [-0.15, -0.1) is 0 Å². The fourth-order valence-corrected chi connectivity index (χ4v) is 3.05. The monoisotopic (exact) mass is 410 g/mol. The van der Waals surface area contributed by atoms with Gasteiger partial charge >= 0.3 is 5.97 Å². The lowest BCUT2D eigenvalue weighted by Gasteiger charge is -2.22. The van der Waals surface area contributed by atoms with E-state index in [2.05, 4.69) is 0 Å². The molecule has 1 aromatic heterocycles. The van der Waals surface area contributed by atoms with Crippen molar-refractivity contribution in [3.05, 3.63) is 65.9 Å². The zero-order valence-corrected chi connectivity index (χ0v) is 16.5. The molecule has 0 radical (unpaired) electrons. The van der Waals surface area contributed by atoms with Gasteiger partial charge in [-0.05, 0) is 18.2 Å². The van der Waals surface area contributed by atoms with Crippen molar-refractivity contribution in [3.63, 3.8) is 0 Å². The first-order chi connectivity index (χ1) is 14.5. The molecule has 0 atom stereocenters. The SMILES string of the molecule is COCc1c(C(=O)OCC(=O)N(CCC(N)=O)c2ccccc2)oc2ccccc12. The maximum atomic E-state index is 12.7. The first kappa shape index (κ1) is 21.1. The van der Waals surface area contributed by atoms with Crippen LogP contribution in [0.3, 0.4) is 0 Å². The highest BCUT2D eigenvalue weighted by atomic mass is 16.5. The Kier molecular flexibility index (Phi) is 6.82. The summed E-state index contributed by atoms with van der Waals surface area (Å²) in [5.41, 5.74) is 6.86. The highest BCUT2D eigenvalue weighted by Gasteiger charge is 2.24. The number of nitrogens with two attached hydrogens (primary N) is 1. The molecule has 0 fully saturated rings. The fraction of sp³-hybridized carbons (Fsp3) is 0.227. The van der Waals surface area contributed by atoms with Crippen LogP contribution in [0.2, 0.25) is 0 Å². The minimum atomic E-state index is -0.769. The number of benzene rings is 2. The number of hydrogen-bond donors (Lipinski definition) is 1. The van der Waals surface area contributed by atoms with Crippen LogP contribution in [-0.2, 0) is 25.7 Å². The predicted octanol–water partition coefficient (Wildman–Crippen LogP) is 2.64. The molecule has 30 heavy (non-hydrogen) atoms. The van der Waals surface area contributed by atoms with E-state index in [1.807, 2.05) is 12.1 Å². The van der Waals surface area contributed by atoms with Gasteiger partial charge in [0.2, 0.25) is 11.7 Å². The van der Waals surface area contributed by atoms with Crippen LogP contribution in [0.4, 0.5) is 5.69 Å². The Hall–Kier alpha value is -3.65. The minimum absolute atomic E-state index is 0.00533. The van der Waals surface area contributed by atoms with Gasteiger partial charge in [0, 0.05) is 36.7 Å². The van der Waals surface area contributed by atoms with E-state index >= 15 is 0 Å². The van der Waals surface area contributed by atoms with Crippen LogP contribution >= 0.6 is 0 Å². The first-order valence-electron chi connectivity index (χ1n) is 9.31. The second-order valence-electron chi connectivity index (χ2n) is 6.51. The smallest absolute Gasteiger partial charge is 0.375 e. The zero-order valence-electron chi connectivity index (χ0n) is 16.5. The van der Waals surface area contributed by atoms with Crippen molar-refractivity contribution in [1.82, 2.24) is 0 Å². The number of carbonyl (C=O) groups is 3. The second-order valence-corrected chi connectivity index (χ2v) is 6.51. The van der Waals surface area contributed by atoms with E-state index in [0.29, 0.717) is 16.8 Å². The van der Waals surface area contributed by atoms with Crippen molar-refractivity contribution >= 4 is 34.4 Å². The largest absolute Gasteiger partial charge is 0.450 e. The molecular weight excluding hydrogens is 388 g/mol. The van der Waals surface area contributed by atoms with Crippen molar-refractivity contribution in [2.24, 2.45) is 5.73 Å². The highest BCUT2D eigenvalue weighted by molar-refractivity contribution is 5.99. The van der Waals surface area contributed by atoms with E-state index in [4.69, 9.17) is 19.6 Å². The number of anilines is 1. The molecule has 1 heterocycles. The summed E-state index contributed by atoms with van der Waals surface area (Å²) in [5, 5.41) is 0.741. The summed E-state index contributed by atoms with van der Waals surface area (Å²) in [4.78, 5) is 37.9. The van der Waals surface area contributed by atoms with Crippen LogP contribution in [0, 0.1) is 0 Å². The lowest BCUT2D eigenvalue weighted by Crippen LogP contribution is -2.37. The molecule has 0 aliphatic rings. The number of primary amides is 1. The fourth-order valence-electron chi connectivity index (χ4n) is 3.05. The number of nitrogens with zero attached hydrogens (tertiary/aromatic N) is 1. The minimum Gasteiger partial charge on any atom is -0.450 e. The van der Waals surface area contributed by atoms with Crippen molar-refractivity contribution in [3.8, 4) is 0 Å². The average molecular weight is 410 g/mol. The van der Waals surface area contributed by atoms with E-state index in [1.54, 1.807) is 42.5 Å². The number of hydrogen-bond acceptors (Lipinski definition) is 6.